The third-order valence-corrected chi connectivity index (χ3v) is 10.4. The number of epoxide rings is 2. The number of aliphatic hydroxyl groups excluding tert-OH is 1. The zero-order valence-electron chi connectivity index (χ0n) is 23.1. The van der Waals surface area contributed by atoms with Gasteiger partial charge in [0, 0.05) is 37.0 Å². The molecule has 208 valence electrons. The lowest BCUT2D eigenvalue weighted by atomic mass is 9.53. The molecule has 6 atom stereocenters. The highest BCUT2D eigenvalue weighted by Crippen LogP contribution is 2.60. The predicted molar refractivity (Wildman–Crippen MR) is 139 cm³/mol. The summed E-state index contributed by atoms with van der Waals surface area (Å²) in [6.07, 6.45) is 9.91. The Morgan fingerprint density at radius 2 is 1.68 bits per heavy atom. The molecule has 0 aromatic heterocycles. The van der Waals surface area contributed by atoms with Gasteiger partial charge in [-0.3, -0.25) is 9.59 Å². The van der Waals surface area contributed by atoms with Crippen LogP contribution in [0.5, 0.6) is 0 Å². The number of aliphatic hydroxyl groups is 1. The number of amides is 2. The molecule has 2 bridgehead atoms. The van der Waals surface area contributed by atoms with E-state index in [1.807, 2.05) is 0 Å². The normalized spacial score (nSPS) is 43.8. The number of carbonyl (C=O) groups is 2. The summed E-state index contributed by atoms with van der Waals surface area (Å²) in [4.78, 5) is 26.7. The van der Waals surface area contributed by atoms with Crippen molar-refractivity contribution >= 4 is 11.8 Å². The second-order valence-electron chi connectivity index (χ2n) is 12.9. The van der Waals surface area contributed by atoms with Gasteiger partial charge in [-0.05, 0) is 85.0 Å². The molecule has 1 spiro atoms. The molecule has 8 heteroatoms. The van der Waals surface area contributed by atoms with Crippen molar-refractivity contribution in [2.24, 2.45) is 16.7 Å². The van der Waals surface area contributed by atoms with Crippen LogP contribution >= 0.6 is 0 Å². The third-order valence-electron chi connectivity index (χ3n) is 10.4. The first-order valence-electron chi connectivity index (χ1n) is 14.3. The average molecular weight is 519 g/mol. The summed E-state index contributed by atoms with van der Waals surface area (Å²) in [5.74, 6) is 0.298. The SMILES string of the molecule is CO[C@H]1[C@H](C2(C)O[C@@H]2CC=C(C)C)[C@]2(CC[C@H]1NC(=O)C13CCC(C(=O)NCCCO)(CC1)CC3)CO2. The van der Waals surface area contributed by atoms with E-state index < -0.39 is 5.41 Å². The van der Waals surface area contributed by atoms with E-state index in [4.69, 9.17) is 19.3 Å². The van der Waals surface area contributed by atoms with Gasteiger partial charge in [0.2, 0.25) is 11.8 Å². The van der Waals surface area contributed by atoms with Gasteiger partial charge in [-0.25, -0.2) is 0 Å². The summed E-state index contributed by atoms with van der Waals surface area (Å²) in [7, 11) is 1.75. The van der Waals surface area contributed by atoms with Crippen molar-refractivity contribution in [3.05, 3.63) is 11.6 Å². The average Bonchev–Trinajstić information content (AvgIpc) is 3.81. The molecule has 4 aliphatic carbocycles. The van der Waals surface area contributed by atoms with Gasteiger partial charge in [0.1, 0.15) is 5.60 Å². The maximum absolute atomic E-state index is 13.8. The molecule has 2 heterocycles. The van der Waals surface area contributed by atoms with Crippen LogP contribution in [-0.2, 0) is 23.8 Å². The van der Waals surface area contributed by atoms with Crippen LogP contribution in [0.3, 0.4) is 0 Å². The molecule has 1 unspecified atom stereocenters. The molecule has 6 rings (SSSR count). The summed E-state index contributed by atoms with van der Waals surface area (Å²) in [6, 6.07) is -0.0766. The number of nitrogens with one attached hydrogen (secondary N) is 2. The summed E-state index contributed by atoms with van der Waals surface area (Å²) in [5, 5.41) is 15.5. The van der Waals surface area contributed by atoms with Crippen LogP contribution in [0, 0.1) is 16.7 Å². The maximum Gasteiger partial charge on any atom is 0.226 e. The lowest BCUT2D eigenvalue weighted by Gasteiger charge is -2.52. The number of fused-ring (bicyclic) bond motifs is 3. The second-order valence-corrected chi connectivity index (χ2v) is 12.9. The molecule has 37 heavy (non-hydrogen) atoms. The summed E-state index contributed by atoms with van der Waals surface area (Å²) in [6.45, 7) is 7.73. The molecule has 0 aromatic rings. The standard InChI is InChI=1S/C29H46N2O6/c1-19(2)6-7-21-26(3,37-21)23-22(35-4)20(8-9-29(23)18-36-29)31-25(34)28-13-10-27(11-14-28,12-15-28)24(33)30-16-5-17-32/h6,20-23,32H,5,7-18H2,1-4H3,(H,30,33)(H,31,34)/t20-,21-,22-,23-,26?,27?,28?,29+/m1/s1. The predicted octanol–water partition coefficient (Wildman–Crippen LogP) is 3.02. The van der Waals surface area contributed by atoms with E-state index >= 15 is 0 Å². The summed E-state index contributed by atoms with van der Waals surface area (Å²) < 4.78 is 18.5. The Bertz CT molecular complexity index is 901. The van der Waals surface area contributed by atoms with Crippen molar-refractivity contribution in [3.8, 4) is 0 Å². The minimum atomic E-state index is -0.391. The molecule has 2 amide bonds. The largest absolute Gasteiger partial charge is 0.396 e. The van der Waals surface area contributed by atoms with Crippen LogP contribution < -0.4 is 10.6 Å². The van der Waals surface area contributed by atoms with Crippen molar-refractivity contribution in [2.75, 3.05) is 26.9 Å². The molecular formula is C29H46N2O6. The number of rotatable bonds is 10. The summed E-state index contributed by atoms with van der Waals surface area (Å²) >= 11 is 0. The lowest BCUT2D eigenvalue weighted by Crippen LogP contribution is -2.62. The molecule has 6 fully saturated rings. The van der Waals surface area contributed by atoms with E-state index in [2.05, 4.69) is 37.5 Å². The molecule has 2 aliphatic heterocycles. The van der Waals surface area contributed by atoms with Gasteiger partial charge in [-0.2, -0.15) is 0 Å². The Balaban J connectivity index is 1.24. The molecule has 8 nitrogen and oxygen atoms in total. The minimum Gasteiger partial charge on any atom is -0.396 e. The van der Waals surface area contributed by atoms with Crippen LogP contribution in [0.25, 0.3) is 0 Å². The van der Waals surface area contributed by atoms with Crippen LogP contribution in [-0.4, -0.2) is 73.2 Å². The Morgan fingerprint density at radius 3 is 2.22 bits per heavy atom. The molecular weight excluding hydrogens is 472 g/mol. The maximum atomic E-state index is 13.8. The highest BCUT2D eigenvalue weighted by atomic mass is 16.6. The zero-order valence-corrected chi connectivity index (χ0v) is 23.1. The van der Waals surface area contributed by atoms with Gasteiger partial charge < -0.3 is 30.0 Å². The minimum absolute atomic E-state index is 0.0742. The van der Waals surface area contributed by atoms with Gasteiger partial charge in [0.05, 0.1) is 30.5 Å². The lowest BCUT2D eigenvalue weighted by molar-refractivity contribution is -0.153. The van der Waals surface area contributed by atoms with Crippen LogP contribution in [0.4, 0.5) is 0 Å². The van der Waals surface area contributed by atoms with E-state index in [0.29, 0.717) is 13.0 Å². The Morgan fingerprint density at radius 1 is 1.05 bits per heavy atom. The van der Waals surface area contributed by atoms with E-state index in [1.54, 1.807) is 7.11 Å². The fourth-order valence-electron chi connectivity index (χ4n) is 7.80. The number of carbonyl (C=O) groups excluding carboxylic acids is 2. The third kappa shape index (κ3) is 4.77. The van der Waals surface area contributed by atoms with E-state index in [-0.39, 0.29) is 59.2 Å². The van der Waals surface area contributed by atoms with Gasteiger partial charge in [0.25, 0.3) is 0 Å². The van der Waals surface area contributed by atoms with Gasteiger partial charge in [-0.15, -0.1) is 0 Å². The first-order chi connectivity index (χ1) is 17.6. The van der Waals surface area contributed by atoms with Crippen molar-refractivity contribution in [1.29, 1.82) is 0 Å². The smallest absolute Gasteiger partial charge is 0.226 e. The Labute approximate surface area is 221 Å². The summed E-state index contributed by atoms with van der Waals surface area (Å²) in [5.41, 5.74) is 0.0314. The molecule has 4 saturated carbocycles. The van der Waals surface area contributed by atoms with Crippen LogP contribution in [0.2, 0.25) is 0 Å². The van der Waals surface area contributed by atoms with Crippen molar-refractivity contribution in [2.45, 2.75) is 114 Å². The number of hydrogen-bond acceptors (Lipinski definition) is 6. The number of allylic oxidation sites excluding steroid dienone is 1. The first kappa shape index (κ1) is 27.1. The van der Waals surface area contributed by atoms with E-state index in [1.165, 1.54) is 5.57 Å². The van der Waals surface area contributed by atoms with E-state index in [0.717, 1.165) is 64.4 Å². The van der Waals surface area contributed by atoms with E-state index in [9.17, 15) is 9.59 Å². The Hall–Kier alpha value is -1.48. The van der Waals surface area contributed by atoms with Gasteiger partial charge >= 0.3 is 0 Å². The first-order valence-corrected chi connectivity index (χ1v) is 14.3. The van der Waals surface area contributed by atoms with Gasteiger partial charge in [0.15, 0.2) is 0 Å². The highest BCUT2D eigenvalue weighted by molar-refractivity contribution is 5.87. The van der Waals surface area contributed by atoms with Crippen LogP contribution in [0.15, 0.2) is 11.6 Å². The second kappa shape index (κ2) is 9.92. The van der Waals surface area contributed by atoms with Crippen molar-refractivity contribution in [1.82, 2.24) is 10.6 Å². The van der Waals surface area contributed by atoms with Crippen molar-refractivity contribution in [3.63, 3.8) is 0 Å². The van der Waals surface area contributed by atoms with Gasteiger partial charge in [-0.1, -0.05) is 11.6 Å². The number of methoxy groups -OCH3 is 1. The fraction of sp³-hybridized carbons (Fsp3) is 0.862. The molecule has 2 saturated heterocycles. The fourth-order valence-corrected chi connectivity index (χ4v) is 7.80. The van der Waals surface area contributed by atoms with Crippen molar-refractivity contribution < 1.29 is 28.9 Å². The number of hydrogen-bond donors (Lipinski definition) is 3. The number of ether oxygens (including phenoxy) is 3. The molecule has 0 aromatic carbocycles. The Kier molecular flexibility index (Phi) is 7.27. The zero-order chi connectivity index (χ0) is 26.5. The topological polar surface area (TPSA) is 113 Å². The molecule has 3 N–H and O–H groups in total. The quantitative estimate of drug-likeness (QED) is 0.233. The molecule has 6 aliphatic rings. The monoisotopic (exact) mass is 518 g/mol. The molecule has 0 radical (unpaired) electrons. The highest BCUT2D eigenvalue weighted by Gasteiger charge is 2.72. The van der Waals surface area contributed by atoms with Crippen LogP contribution in [0.1, 0.15) is 85.0 Å².